The Hall–Kier alpha value is -0.610. The molecular weight excluding hydrogens is 228 g/mol. The molecular formula is C12H17F2NS. The van der Waals surface area contributed by atoms with E-state index in [0.717, 1.165) is 6.07 Å². The van der Waals surface area contributed by atoms with Crippen LogP contribution >= 0.6 is 11.8 Å². The molecule has 0 aromatic heterocycles. The molecule has 0 saturated carbocycles. The first kappa shape index (κ1) is 13.5. The third-order valence-corrected chi connectivity index (χ3v) is 4.11. The summed E-state index contributed by atoms with van der Waals surface area (Å²) in [6.07, 6.45) is 0. The van der Waals surface area contributed by atoms with Gasteiger partial charge in [0.25, 0.3) is 0 Å². The molecule has 2 N–H and O–H groups in total. The monoisotopic (exact) mass is 245 g/mol. The highest BCUT2D eigenvalue weighted by atomic mass is 32.2. The second-order valence-electron chi connectivity index (χ2n) is 4.78. The lowest BCUT2D eigenvalue weighted by atomic mass is 9.92. The summed E-state index contributed by atoms with van der Waals surface area (Å²) in [7, 11) is 0. The SMILES string of the molecule is CC(C)(C)C(CN)Sc1ccc(F)cc1F. The summed E-state index contributed by atoms with van der Waals surface area (Å²) in [6.45, 7) is 6.63. The van der Waals surface area contributed by atoms with Gasteiger partial charge in [0.05, 0.1) is 0 Å². The van der Waals surface area contributed by atoms with E-state index in [-0.39, 0.29) is 10.7 Å². The van der Waals surface area contributed by atoms with Crippen LogP contribution in [0.25, 0.3) is 0 Å². The fourth-order valence-electron chi connectivity index (χ4n) is 1.30. The second kappa shape index (κ2) is 5.15. The van der Waals surface area contributed by atoms with Crippen LogP contribution in [0.1, 0.15) is 20.8 Å². The van der Waals surface area contributed by atoms with Gasteiger partial charge in [0, 0.05) is 22.8 Å². The maximum absolute atomic E-state index is 13.4. The molecule has 0 fully saturated rings. The van der Waals surface area contributed by atoms with Gasteiger partial charge in [-0.3, -0.25) is 0 Å². The van der Waals surface area contributed by atoms with Gasteiger partial charge in [-0.2, -0.15) is 0 Å². The number of nitrogens with two attached hydrogens (primary N) is 1. The van der Waals surface area contributed by atoms with Gasteiger partial charge in [0.1, 0.15) is 11.6 Å². The Morgan fingerprint density at radius 1 is 1.31 bits per heavy atom. The summed E-state index contributed by atoms with van der Waals surface area (Å²) < 4.78 is 26.2. The van der Waals surface area contributed by atoms with Crippen molar-refractivity contribution >= 4 is 11.8 Å². The number of thioether (sulfide) groups is 1. The number of hydrogen-bond acceptors (Lipinski definition) is 2. The Kier molecular flexibility index (Phi) is 4.33. The molecule has 0 aliphatic carbocycles. The van der Waals surface area contributed by atoms with Crippen LogP contribution < -0.4 is 5.73 Å². The van der Waals surface area contributed by atoms with E-state index in [0.29, 0.717) is 11.4 Å². The zero-order chi connectivity index (χ0) is 12.3. The highest BCUT2D eigenvalue weighted by Gasteiger charge is 2.25. The minimum atomic E-state index is -0.554. The van der Waals surface area contributed by atoms with Gasteiger partial charge in [-0.05, 0) is 17.5 Å². The number of benzene rings is 1. The van der Waals surface area contributed by atoms with Gasteiger partial charge in [0.15, 0.2) is 0 Å². The highest BCUT2D eigenvalue weighted by Crippen LogP contribution is 2.35. The first-order valence-electron chi connectivity index (χ1n) is 5.16. The molecule has 0 saturated heterocycles. The van der Waals surface area contributed by atoms with E-state index in [4.69, 9.17) is 5.73 Å². The predicted octanol–water partition coefficient (Wildman–Crippen LogP) is 3.43. The van der Waals surface area contributed by atoms with Crippen molar-refractivity contribution in [2.45, 2.75) is 30.9 Å². The number of hydrogen-bond donors (Lipinski definition) is 1. The molecule has 1 atom stereocenters. The molecule has 0 amide bonds. The van der Waals surface area contributed by atoms with Crippen molar-refractivity contribution in [3.63, 3.8) is 0 Å². The van der Waals surface area contributed by atoms with E-state index in [2.05, 4.69) is 20.8 Å². The minimum absolute atomic E-state index is 0.0136. The van der Waals surface area contributed by atoms with Crippen LogP contribution in [0.4, 0.5) is 8.78 Å². The zero-order valence-electron chi connectivity index (χ0n) is 9.76. The van der Waals surface area contributed by atoms with Gasteiger partial charge in [0.2, 0.25) is 0 Å². The van der Waals surface area contributed by atoms with Crippen molar-refractivity contribution in [3.05, 3.63) is 29.8 Å². The molecule has 0 aliphatic rings. The summed E-state index contributed by atoms with van der Waals surface area (Å²) in [4.78, 5) is 0.451. The quantitative estimate of drug-likeness (QED) is 0.826. The van der Waals surface area contributed by atoms with Crippen LogP contribution in [0.15, 0.2) is 23.1 Å². The molecule has 1 aromatic carbocycles. The summed E-state index contributed by atoms with van der Waals surface area (Å²) in [5.74, 6) is -1.07. The molecule has 0 spiro atoms. The minimum Gasteiger partial charge on any atom is -0.329 e. The van der Waals surface area contributed by atoms with Crippen LogP contribution in [-0.4, -0.2) is 11.8 Å². The molecule has 1 nitrogen and oxygen atoms in total. The average Bonchev–Trinajstić information content (AvgIpc) is 2.14. The van der Waals surface area contributed by atoms with Gasteiger partial charge >= 0.3 is 0 Å². The van der Waals surface area contributed by atoms with E-state index in [1.165, 1.54) is 23.9 Å². The molecule has 1 unspecified atom stereocenters. The number of halogens is 2. The Morgan fingerprint density at radius 2 is 1.94 bits per heavy atom. The molecule has 4 heteroatoms. The Morgan fingerprint density at radius 3 is 2.38 bits per heavy atom. The predicted molar refractivity (Wildman–Crippen MR) is 64.5 cm³/mol. The third kappa shape index (κ3) is 3.46. The second-order valence-corrected chi connectivity index (χ2v) is 6.03. The maximum Gasteiger partial charge on any atom is 0.139 e. The lowest BCUT2D eigenvalue weighted by molar-refractivity contribution is 0.398. The van der Waals surface area contributed by atoms with E-state index < -0.39 is 11.6 Å². The molecule has 1 aromatic rings. The van der Waals surface area contributed by atoms with Gasteiger partial charge in [-0.25, -0.2) is 8.78 Å². The smallest absolute Gasteiger partial charge is 0.139 e. The summed E-state index contributed by atoms with van der Waals surface area (Å²) in [5, 5.41) is 0.104. The fourth-order valence-corrected chi connectivity index (χ4v) is 2.38. The highest BCUT2D eigenvalue weighted by molar-refractivity contribution is 8.00. The molecule has 0 heterocycles. The Balaban J connectivity index is 2.86. The number of rotatable bonds is 3. The summed E-state index contributed by atoms with van der Waals surface area (Å²) in [6, 6.07) is 3.63. The fraction of sp³-hybridized carbons (Fsp3) is 0.500. The van der Waals surface area contributed by atoms with Crippen molar-refractivity contribution in [1.29, 1.82) is 0 Å². The molecule has 0 aliphatic heterocycles. The molecule has 16 heavy (non-hydrogen) atoms. The van der Waals surface area contributed by atoms with E-state index in [9.17, 15) is 8.78 Å². The van der Waals surface area contributed by atoms with E-state index in [1.54, 1.807) is 0 Å². The van der Waals surface area contributed by atoms with Gasteiger partial charge < -0.3 is 5.73 Å². The lowest BCUT2D eigenvalue weighted by Crippen LogP contribution is -2.30. The zero-order valence-corrected chi connectivity index (χ0v) is 10.6. The summed E-state index contributed by atoms with van der Waals surface area (Å²) >= 11 is 1.36. The van der Waals surface area contributed by atoms with Crippen LogP contribution in [-0.2, 0) is 0 Å². The van der Waals surface area contributed by atoms with Crippen LogP contribution in [0.2, 0.25) is 0 Å². The van der Waals surface area contributed by atoms with Gasteiger partial charge in [-0.1, -0.05) is 20.8 Å². The first-order valence-corrected chi connectivity index (χ1v) is 6.04. The molecule has 1 rings (SSSR count). The van der Waals surface area contributed by atoms with Crippen molar-refractivity contribution in [1.82, 2.24) is 0 Å². The largest absolute Gasteiger partial charge is 0.329 e. The molecule has 0 bridgehead atoms. The molecule has 0 radical (unpaired) electrons. The van der Waals surface area contributed by atoms with Crippen LogP contribution in [0, 0.1) is 17.0 Å². The third-order valence-electron chi connectivity index (χ3n) is 2.34. The average molecular weight is 245 g/mol. The van der Waals surface area contributed by atoms with Crippen molar-refractivity contribution in [3.8, 4) is 0 Å². The Bertz CT molecular complexity index is 361. The van der Waals surface area contributed by atoms with Crippen molar-refractivity contribution < 1.29 is 8.78 Å². The van der Waals surface area contributed by atoms with Crippen LogP contribution in [0.3, 0.4) is 0 Å². The van der Waals surface area contributed by atoms with Crippen molar-refractivity contribution in [2.24, 2.45) is 11.1 Å². The Labute approximate surface area is 99.4 Å². The lowest BCUT2D eigenvalue weighted by Gasteiger charge is -2.29. The maximum atomic E-state index is 13.4. The van der Waals surface area contributed by atoms with E-state index in [1.807, 2.05) is 0 Å². The van der Waals surface area contributed by atoms with Gasteiger partial charge in [-0.15, -0.1) is 11.8 Å². The van der Waals surface area contributed by atoms with E-state index >= 15 is 0 Å². The summed E-state index contributed by atoms with van der Waals surface area (Å²) in [5.41, 5.74) is 5.66. The first-order chi connectivity index (χ1) is 7.34. The molecule has 90 valence electrons. The van der Waals surface area contributed by atoms with Crippen LogP contribution in [0.5, 0.6) is 0 Å². The standard InChI is InChI=1S/C12H17F2NS/c1-12(2,3)11(7-15)16-10-5-4-8(13)6-9(10)14/h4-6,11H,7,15H2,1-3H3. The normalized spacial score (nSPS) is 13.9. The van der Waals surface area contributed by atoms with Crippen molar-refractivity contribution in [2.75, 3.05) is 6.54 Å². The topological polar surface area (TPSA) is 26.0 Å².